The van der Waals surface area contributed by atoms with Crippen LogP contribution in [0.3, 0.4) is 0 Å². The average Bonchev–Trinajstić information content (AvgIpc) is 2.30. The lowest BCUT2D eigenvalue weighted by molar-refractivity contribution is -0.145. The standard InChI is InChI=1S/C12H14BrNO2/c13-10-4-7-14-8-9(10)12(11(15)16)5-2-1-3-6-12/h4,7-8H,1-3,5-6H2,(H,15,16). The van der Waals surface area contributed by atoms with Crippen LogP contribution in [0.15, 0.2) is 22.9 Å². The molecule has 1 aliphatic carbocycles. The summed E-state index contributed by atoms with van der Waals surface area (Å²) < 4.78 is 0.854. The predicted octanol–water partition coefficient (Wildman–Crippen LogP) is 3.13. The molecule has 0 aromatic carbocycles. The van der Waals surface area contributed by atoms with Crippen LogP contribution in [0.25, 0.3) is 0 Å². The minimum Gasteiger partial charge on any atom is -0.481 e. The van der Waals surface area contributed by atoms with E-state index >= 15 is 0 Å². The molecule has 0 aliphatic heterocycles. The lowest BCUT2D eigenvalue weighted by atomic mass is 9.70. The first-order valence-corrected chi connectivity index (χ1v) is 6.29. The molecule has 86 valence electrons. The lowest BCUT2D eigenvalue weighted by Crippen LogP contribution is -2.38. The topological polar surface area (TPSA) is 50.2 Å². The Morgan fingerprint density at radius 3 is 2.62 bits per heavy atom. The van der Waals surface area contributed by atoms with Crippen LogP contribution in [0.2, 0.25) is 0 Å². The molecule has 0 unspecified atom stereocenters. The van der Waals surface area contributed by atoms with Crippen molar-refractivity contribution in [2.75, 3.05) is 0 Å². The Kier molecular flexibility index (Phi) is 3.28. The summed E-state index contributed by atoms with van der Waals surface area (Å²) in [5.74, 6) is -0.721. The van der Waals surface area contributed by atoms with Crippen LogP contribution in [0.1, 0.15) is 37.7 Å². The van der Waals surface area contributed by atoms with Crippen LogP contribution in [-0.4, -0.2) is 16.1 Å². The third kappa shape index (κ3) is 1.86. The number of halogens is 1. The van der Waals surface area contributed by atoms with E-state index < -0.39 is 11.4 Å². The molecule has 0 bridgehead atoms. The molecular formula is C12H14BrNO2. The highest BCUT2D eigenvalue weighted by molar-refractivity contribution is 9.10. The minimum absolute atomic E-state index is 0.715. The molecule has 1 saturated carbocycles. The summed E-state index contributed by atoms with van der Waals surface area (Å²) in [4.78, 5) is 15.6. The molecule has 16 heavy (non-hydrogen) atoms. The number of carboxylic acid groups (broad SMARTS) is 1. The monoisotopic (exact) mass is 283 g/mol. The summed E-state index contributed by atoms with van der Waals surface area (Å²) in [5.41, 5.74) is 0.0907. The first-order chi connectivity index (χ1) is 7.67. The number of nitrogens with zero attached hydrogens (tertiary/aromatic N) is 1. The largest absolute Gasteiger partial charge is 0.481 e. The maximum absolute atomic E-state index is 11.6. The Labute approximate surface area is 103 Å². The second-order valence-corrected chi connectivity index (χ2v) is 5.16. The highest BCUT2D eigenvalue weighted by Gasteiger charge is 2.42. The molecule has 0 radical (unpaired) electrons. The predicted molar refractivity (Wildman–Crippen MR) is 64.3 cm³/mol. The highest BCUT2D eigenvalue weighted by atomic mass is 79.9. The van der Waals surface area contributed by atoms with E-state index in [1.165, 1.54) is 0 Å². The normalized spacial score (nSPS) is 19.3. The quantitative estimate of drug-likeness (QED) is 0.907. The van der Waals surface area contributed by atoms with Gasteiger partial charge in [-0.15, -0.1) is 0 Å². The molecule has 1 aliphatic rings. The summed E-state index contributed by atoms with van der Waals surface area (Å²) in [7, 11) is 0. The van der Waals surface area contributed by atoms with Crippen molar-refractivity contribution in [3.05, 3.63) is 28.5 Å². The van der Waals surface area contributed by atoms with Crippen LogP contribution >= 0.6 is 15.9 Å². The molecule has 3 nitrogen and oxygen atoms in total. The number of hydrogen-bond donors (Lipinski definition) is 1. The van der Waals surface area contributed by atoms with Crippen molar-refractivity contribution >= 4 is 21.9 Å². The summed E-state index contributed by atoms with van der Waals surface area (Å²) in [6.07, 6.45) is 7.88. The molecule has 0 saturated heterocycles. The molecule has 0 atom stereocenters. The molecule has 1 N–H and O–H groups in total. The van der Waals surface area contributed by atoms with E-state index in [1.54, 1.807) is 12.4 Å². The van der Waals surface area contributed by atoms with Crippen molar-refractivity contribution < 1.29 is 9.90 Å². The molecule has 1 heterocycles. The SMILES string of the molecule is O=C(O)C1(c2cnccc2Br)CCCCC1. The van der Waals surface area contributed by atoms with Crippen LogP contribution in [-0.2, 0) is 10.2 Å². The Hall–Kier alpha value is -0.900. The van der Waals surface area contributed by atoms with E-state index in [0.29, 0.717) is 12.8 Å². The first-order valence-electron chi connectivity index (χ1n) is 5.50. The van der Waals surface area contributed by atoms with E-state index in [-0.39, 0.29) is 0 Å². The van der Waals surface area contributed by atoms with E-state index in [4.69, 9.17) is 0 Å². The highest BCUT2D eigenvalue weighted by Crippen LogP contribution is 2.42. The van der Waals surface area contributed by atoms with Crippen molar-refractivity contribution in [2.45, 2.75) is 37.5 Å². The van der Waals surface area contributed by atoms with Gasteiger partial charge in [0.2, 0.25) is 0 Å². The maximum atomic E-state index is 11.6. The number of carboxylic acids is 1. The Morgan fingerprint density at radius 2 is 2.06 bits per heavy atom. The fourth-order valence-electron chi connectivity index (χ4n) is 2.48. The van der Waals surface area contributed by atoms with Crippen LogP contribution in [0.5, 0.6) is 0 Å². The fraction of sp³-hybridized carbons (Fsp3) is 0.500. The van der Waals surface area contributed by atoms with Crippen LogP contribution in [0.4, 0.5) is 0 Å². The zero-order valence-electron chi connectivity index (χ0n) is 8.95. The molecule has 4 heteroatoms. The number of pyridine rings is 1. The maximum Gasteiger partial charge on any atom is 0.314 e. The molecule has 2 rings (SSSR count). The summed E-state index contributed by atoms with van der Waals surface area (Å²) in [6, 6.07) is 1.81. The summed E-state index contributed by atoms with van der Waals surface area (Å²) in [5, 5.41) is 9.52. The van der Waals surface area contributed by atoms with Crippen molar-refractivity contribution in [2.24, 2.45) is 0 Å². The zero-order chi connectivity index (χ0) is 11.6. The third-order valence-electron chi connectivity index (χ3n) is 3.40. The first kappa shape index (κ1) is 11.6. The zero-order valence-corrected chi connectivity index (χ0v) is 10.5. The van der Waals surface area contributed by atoms with E-state index in [0.717, 1.165) is 29.3 Å². The van der Waals surface area contributed by atoms with Gasteiger partial charge in [0.15, 0.2) is 0 Å². The third-order valence-corrected chi connectivity index (χ3v) is 4.09. The number of carbonyl (C=O) groups is 1. The van der Waals surface area contributed by atoms with Gasteiger partial charge in [0.25, 0.3) is 0 Å². The molecule has 0 spiro atoms. The van der Waals surface area contributed by atoms with Gasteiger partial charge in [-0.2, -0.15) is 0 Å². The lowest BCUT2D eigenvalue weighted by Gasteiger charge is -2.33. The van der Waals surface area contributed by atoms with Gasteiger partial charge in [-0.3, -0.25) is 9.78 Å². The van der Waals surface area contributed by atoms with Gasteiger partial charge in [-0.1, -0.05) is 35.2 Å². The average molecular weight is 284 g/mol. The molecule has 0 amide bonds. The van der Waals surface area contributed by atoms with Gasteiger partial charge in [-0.25, -0.2) is 0 Å². The minimum atomic E-state index is -0.731. The second-order valence-electron chi connectivity index (χ2n) is 4.30. The molecular weight excluding hydrogens is 270 g/mol. The molecule has 1 aromatic heterocycles. The Morgan fingerprint density at radius 1 is 1.38 bits per heavy atom. The van der Waals surface area contributed by atoms with Gasteiger partial charge < -0.3 is 5.11 Å². The van der Waals surface area contributed by atoms with E-state index in [9.17, 15) is 9.90 Å². The van der Waals surface area contributed by atoms with Crippen LogP contribution < -0.4 is 0 Å². The van der Waals surface area contributed by atoms with E-state index in [1.807, 2.05) is 6.07 Å². The Balaban J connectivity index is 2.47. The second kappa shape index (κ2) is 4.53. The van der Waals surface area contributed by atoms with Crippen molar-refractivity contribution in [1.82, 2.24) is 4.98 Å². The molecule has 1 aromatic rings. The van der Waals surface area contributed by atoms with Gasteiger partial charge >= 0.3 is 5.97 Å². The number of rotatable bonds is 2. The fourth-order valence-corrected chi connectivity index (χ4v) is 3.08. The molecule has 1 fully saturated rings. The van der Waals surface area contributed by atoms with Gasteiger partial charge in [0.05, 0.1) is 5.41 Å². The van der Waals surface area contributed by atoms with Gasteiger partial charge in [0, 0.05) is 22.4 Å². The van der Waals surface area contributed by atoms with Crippen molar-refractivity contribution in [1.29, 1.82) is 0 Å². The number of aromatic nitrogens is 1. The van der Waals surface area contributed by atoms with Crippen LogP contribution in [0, 0.1) is 0 Å². The van der Waals surface area contributed by atoms with Gasteiger partial charge in [-0.05, 0) is 18.9 Å². The summed E-state index contributed by atoms with van der Waals surface area (Å²) in [6.45, 7) is 0. The van der Waals surface area contributed by atoms with Gasteiger partial charge in [0.1, 0.15) is 0 Å². The van der Waals surface area contributed by atoms with Crippen molar-refractivity contribution in [3.63, 3.8) is 0 Å². The number of hydrogen-bond acceptors (Lipinski definition) is 2. The smallest absolute Gasteiger partial charge is 0.314 e. The Bertz CT molecular complexity index is 400. The number of aliphatic carboxylic acids is 1. The van der Waals surface area contributed by atoms with Crippen molar-refractivity contribution in [3.8, 4) is 0 Å². The van der Waals surface area contributed by atoms with E-state index in [2.05, 4.69) is 20.9 Å². The summed E-state index contributed by atoms with van der Waals surface area (Å²) >= 11 is 3.43.